The van der Waals surface area contributed by atoms with Gasteiger partial charge < -0.3 is 28.4 Å². The van der Waals surface area contributed by atoms with Crippen molar-refractivity contribution in [2.75, 3.05) is 39.6 Å². The summed E-state index contributed by atoms with van der Waals surface area (Å²) in [6, 6.07) is 0. The first-order valence-electron chi connectivity index (χ1n) is 16.4. The van der Waals surface area contributed by atoms with Gasteiger partial charge in [-0.3, -0.25) is 19.3 Å². The number of carbonyl (C=O) groups is 2. The fraction of sp³-hybridized carbons (Fsp3) is 0.824. The number of hydroxylamine groups is 4. The smallest absolute Gasteiger partial charge is 0.306 e. The van der Waals surface area contributed by atoms with E-state index >= 15 is 0 Å². The van der Waals surface area contributed by atoms with E-state index in [1.807, 2.05) is 10.1 Å². The average Bonchev–Trinajstić information content (AvgIpc) is 3.49. The van der Waals surface area contributed by atoms with Crippen molar-refractivity contribution in [1.29, 1.82) is 0 Å². The summed E-state index contributed by atoms with van der Waals surface area (Å²) in [5.74, 6) is -2.59. The van der Waals surface area contributed by atoms with Gasteiger partial charge in [0.05, 0.1) is 39.3 Å². The number of rotatable bonds is 13. The van der Waals surface area contributed by atoms with Gasteiger partial charge in [0.15, 0.2) is 11.6 Å². The number of nitrogens with zero attached hydrogens (tertiary/aromatic N) is 2. The molecule has 4 heterocycles. The number of piperidine rings is 2. The normalized spacial score (nSPS) is 29.0. The summed E-state index contributed by atoms with van der Waals surface area (Å²) >= 11 is 0. The van der Waals surface area contributed by atoms with E-state index in [2.05, 4.69) is 68.5 Å². The molecule has 2 spiro atoms. The largest absolute Gasteiger partial charge is 0.463 e. The standard InChI is InChI=1S/C34H56N2O10/c1-11-15-43-35-29(3,4)21-33(22-30(35,5)6)41-19-25(45-33)17-39-27(37)13-14-28(38)40-18-26-20-42-34(46-26)23-31(7,8)36(44-16-12-2)32(9,10)24-34/h11-12,25-26H,1-2,13-24H2,3-10H3. The van der Waals surface area contributed by atoms with Gasteiger partial charge in [0, 0.05) is 47.8 Å². The molecule has 2 atom stereocenters. The van der Waals surface area contributed by atoms with Crippen LogP contribution in [-0.4, -0.2) is 108 Å². The van der Waals surface area contributed by atoms with E-state index in [-0.39, 0.29) is 48.2 Å². The first kappa shape index (κ1) is 36.9. The molecule has 12 nitrogen and oxygen atoms in total. The summed E-state index contributed by atoms with van der Waals surface area (Å²) in [5, 5.41) is 4.00. The van der Waals surface area contributed by atoms with E-state index in [0.29, 0.717) is 52.1 Å². The van der Waals surface area contributed by atoms with Gasteiger partial charge in [0.25, 0.3) is 0 Å². The van der Waals surface area contributed by atoms with Crippen LogP contribution in [0.2, 0.25) is 0 Å². The minimum absolute atomic E-state index is 0.0469. The fourth-order valence-corrected chi connectivity index (χ4v) is 8.13. The monoisotopic (exact) mass is 652 g/mol. The Morgan fingerprint density at radius 2 is 0.978 bits per heavy atom. The summed E-state index contributed by atoms with van der Waals surface area (Å²) < 4.78 is 36.0. The third-order valence-electron chi connectivity index (χ3n) is 8.87. The molecule has 46 heavy (non-hydrogen) atoms. The molecule has 4 aliphatic heterocycles. The van der Waals surface area contributed by atoms with Gasteiger partial charge in [-0.15, -0.1) is 13.2 Å². The highest BCUT2D eigenvalue weighted by Gasteiger charge is 2.59. The molecule has 0 aliphatic carbocycles. The molecule has 2 unspecified atom stereocenters. The van der Waals surface area contributed by atoms with E-state index < -0.39 is 35.7 Å². The van der Waals surface area contributed by atoms with E-state index in [1.165, 1.54) is 0 Å². The Bertz CT molecular complexity index is 997. The molecule has 0 amide bonds. The third kappa shape index (κ3) is 8.57. The van der Waals surface area contributed by atoms with Crippen molar-refractivity contribution in [1.82, 2.24) is 10.1 Å². The summed E-state index contributed by atoms with van der Waals surface area (Å²) in [4.78, 5) is 36.9. The Kier molecular flexibility index (Phi) is 11.2. The lowest BCUT2D eigenvalue weighted by Crippen LogP contribution is -2.65. The molecule has 0 N–H and O–H groups in total. The van der Waals surface area contributed by atoms with Crippen molar-refractivity contribution in [3.8, 4) is 0 Å². The van der Waals surface area contributed by atoms with E-state index in [0.717, 1.165) is 0 Å². The molecular formula is C34H56N2O10. The van der Waals surface area contributed by atoms with Gasteiger partial charge in [-0.05, 0) is 55.4 Å². The van der Waals surface area contributed by atoms with Crippen LogP contribution in [0.25, 0.3) is 0 Å². The predicted molar refractivity (Wildman–Crippen MR) is 169 cm³/mol. The van der Waals surface area contributed by atoms with Gasteiger partial charge in [0.1, 0.15) is 25.4 Å². The first-order valence-corrected chi connectivity index (χ1v) is 16.4. The van der Waals surface area contributed by atoms with Crippen LogP contribution < -0.4 is 0 Å². The highest BCUT2D eigenvalue weighted by molar-refractivity contribution is 5.77. The maximum Gasteiger partial charge on any atom is 0.306 e. The van der Waals surface area contributed by atoms with Crippen molar-refractivity contribution in [3.63, 3.8) is 0 Å². The van der Waals surface area contributed by atoms with Crippen molar-refractivity contribution in [3.05, 3.63) is 25.3 Å². The van der Waals surface area contributed by atoms with Gasteiger partial charge in [-0.25, -0.2) is 0 Å². The van der Waals surface area contributed by atoms with Crippen molar-refractivity contribution in [2.45, 2.75) is 140 Å². The predicted octanol–water partition coefficient (Wildman–Crippen LogP) is 4.62. The Morgan fingerprint density at radius 3 is 1.28 bits per heavy atom. The molecule has 0 bridgehead atoms. The molecule has 4 aliphatic rings. The number of hydrogen-bond donors (Lipinski definition) is 0. The second-order valence-electron chi connectivity index (χ2n) is 15.5. The molecule has 0 saturated carbocycles. The third-order valence-corrected chi connectivity index (χ3v) is 8.87. The second-order valence-corrected chi connectivity index (χ2v) is 15.5. The number of carbonyl (C=O) groups excluding carboxylic acids is 2. The molecular weight excluding hydrogens is 596 g/mol. The quantitative estimate of drug-likeness (QED) is 0.204. The number of hydrogen-bond acceptors (Lipinski definition) is 12. The first-order chi connectivity index (χ1) is 21.4. The molecule has 12 heteroatoms. The van der Waals surface area contributed by atoms with Gasteiger partial charge >= 0.3 is 11.9 Å². The van der Waals surface area contributed by atoms with Gasteiger partial charge in [0.2, 0.25) is 0 Å². The van der Waals surface area contributed by atoms with Crippen molar-refractivity contribution < 1.29 is 47.7 Å². The molecule has 0 aromatic carbocycles. The summed E-state index contributed by atoms with van der Waals surface area (Å²) in [6.45, 7) is 25.8. The summed E-state index contributed by atoms with van der Waals surface area (Å²) in [7, 11) is 0. The van der Waals surface area contributed by atoms with E-state index in [4.69, 9.17) is 38.1 Å². The van der Waals surface area contributed by atoms with Crippen LogP contribution in [0.5, 0.6) is 0 Å². The van der Waals surface area contributed by atoms with Crippen LogP contribution in [0.3, 0.4) is 0 Å². The Hall–Kier alpha value is -1.90. The lowest BCUT2D eigenvalue weighted by Gasteiger charge is -2.56. The summed E-state index contributed by atoms with van der Waals surface area (Å²) in [5.41, 5.74) is -1.45. The number of esters is 2. The maximum absolute atomic E-state index is 12.5. The topological polar surface area (TPSA) is 114 Å². The lowest BCUT2D eigenvalue weighted by atomic mass is 9.78. The maximum atomic E-state index is 12.5. The molecule has 0 radical (unpaired) electrons. The van der Waals surface area contributed by atoms with Gasteiger partial charge in [-0.2, -0.15) is 10.1 Å². The van der Waals surface area contributed by atoms with Crippen LogP contribution in [0.1, 0.15) is 93.9 Å². The van der Waals surface area contributed by atoms with Crippen LogP contribution in [-0.2, 0) is 47.7 Å². The second kappa shape index (κ2) is 13.9. The zero-order valence-corrected chi connectivity index (χ0v) is 29.2. The highest BCUT2D eigenvalue weighted by Crippen LogP contribution is 2.49. The van der Waals surface area contributed by atoms with Crippen LogP contribution in [0, 0.1) is 0 Å². The van der Waals surface area contributed by atoms with Crippen LogP contribution in [0.4, 0.5) is 0 Å². The fourth-order valence-electron chi connectivity index (χ4n) is 8.13. The minimum Gasteiger partial charge on any atom is -0.463 e. The molecule has 4 fully saturated rings. The van der Waals surface area contributed by atoms with Gasteiger partial charge in [-0.1, -0.05) is 12.2 Å². The average molecular weight is 653 g/mol. The zero-order valence-electron chi connectivity index (χ0n) is 29.2. The van der Waals surface area contributed by atoms with E-state index in [9.17, 15) is 9.59 Å². The Balaban J connectivity index is 1.17. The Labute approximate surface area is 274 Å². The number of ether oxygens (including phenoxy) is 6. The molecule has 0 aromatic heterocycles. The molecule has 4 saturated heterocycles. The highest BCUT2D eigenvalue weighted by atomic mass is 16.8. The SMILES string of the molecule is C=CCON1C(C)(C)CC2(CC1(C)C)OCC(COC(=O)CCC(=O)OCC1COC3(CC(C)(C)N(OCC=C)C(C)(C)C3)O1)O2. The molecule has 262 valence electrons. The minimum atomic E-state index is -0.797. The molecule has 4 rings (SSSR count). The zero-order chi connectivity index (χ0) is 34.0. The Morgan fingerprint density at radius 1 is 0.652 bits per heavy atom. The van der Waals surface area contributed by atoms with Crippen LogP contribution in [0.15, 0.2) is 25.3 Å². The van der Waals surface area contributed by atoms with E-state index in [1.54, 1.807) is 12.2 Å². The molecule has 0 aromatic rings. The van der Waals surface area contributed by atoms with Crippen molar-refractivity contribution in [2.24, 2.45) is 0 Å². The van der Waals surface area contributed by atoms with Crippen molar-refractivity contribution >= 4 is 11.9 Å². The lowest BCUT2D eigenvalue weighted by molar-refractivity contribution is -0.334. The van der Waals surface area contributed by atoms with Crippen LogP contribution >= 0.6 is 0 Å². The summed E-state index contributed by atoms with van der Waals surface area (Å²) in [6.07, 6.45) is 4.83.